The SMILES string of the molecule is CN(C(=O)c1cc2nc(N)c3c(c2[nH]1)COC3)[C@@H]1COCc2cc(-c3cccnc3)ccc21. The largest absolute Gasteiger partial charge is 0.383 e. The number of nitrogens with one attached hydrogen (secondary N) is 1. The lowest BCUT2D eigenvalue weighted by molar-refractivity contribution is 0.0343. The predicted molar refractivity (Wildman–Crippen MR) is 123 cm³/mol. The van der Waals surface area contributed by atoms with Crippen LogP contribution < -0.4 is 5.73 Å². The summed E-state index contributed by atoms with van der Waals surface area (Å²) in [4.78, 5) is 27.1. The second-order valence-corrected chi connectivity index (χ2v) is 8.49. The number of carbonyl (C=O) groups excluding carboxylic acids is 1. The summed E-state index contributed by atoms with van der Waals surface area (Å²) in [5.74, 6) is 0.331. The minimum atomic E-state index is -0.192. The highest BCUT2D eigenvalue weighted by Gasteiger charge is 2.30. The van der Waals surface area contributed by atoms with Gasteiger partial charge in [0.25, 0.3) is 5.91 Å². The minimum absolute atomic E-state index is 0.128. The second kappa shape index (κ2) is 7.68. The molecule has 0 saturated carbocycles. The summed E-state index contributed by atoms with van der Waals surface area (Å²) < 4.78 is 11.4. The Bertz CT molecular complexity index is 1380. The first kappa shape index (κ1) is 19.9. The Hall–Kier alpha value is -3.75. The average molecular weight is 441 g/mol. The van der Waals surface area contributed by atoms with E-state index in [4.69, 9.17) is 15.2 Å². The maximum atomic E-state index is 13.4. The van der Waals surface area contributed by atoms with Crippen LogP contribution in [0.3, 0.4) is 0 Å². The molecule has 0 radical (unpaired) electrons. The number of nitrogens with zero attached hydrogens (tertiary/aromatic N) is 3. The molecule has 2 aliphatic heterocycles. The fourth-order valence-electron chi connectivity index (χ4n) is 4.75. The summed E-state index contributed by atoms with van der Waals surface area (Å²) >= 11 is 0. The number of H-pyrrole nitrogens is 1. The van der Waals surface area contributed by atoms with Crippen LogP contribution in [-0.4, -0.2) is 39.4 Å². The quantitative estimate of drug-likeness (QED) is 0.503. The van der Waals surface area contributed by atoms with Crippen LogP contribution in [0.25, 0.3) is 22.2 Å². The lowest BCUT2D eigenvalue weighted by Gasteiger charge is -2.33. The summed E-state index contributed by atoms with van der Waals surface area (Å²) in [6.07, 6.45) is 3.60. The van der Waals surface area contributed by atoms with E-state index < -0.39 is 0 Å². The van der Waals surface area contributed by atoms with Crippen LogP contribution >= 0.6 is 0 Å². The molecule has 0 bridgehead atoms. The molecule has 8 heteroatoms. The predicted octanol–water partition coefficient (Wildman–Crippen LogP) is 3.58. The standard InChI is InChI=1S/C25H23N5O3/c1-30(25(31)21-8-20-23(28-21)18-11-33-12-19(18)24(26)29-20)22-13-32-10-16-7-14(4-5-17(16)22)15-3-2-6-27-9-15/h2-9,22,28H,10-13H2,1H3,(H2,26,29)/t22-/m1/s1. The number of hydrogen-bond donors (Lipinski definition) is 2. The highest BCUT2D eigenvalue weighted by Crippen LogP contribution is 2.34. The number of fused-ring (bicyclic) bond motifs is 4. The number of rotatable bonds is 3. The topological polar surface area (TPSA) is 106 Å². The fourth-order valence-corrected chi connectivity index (χ4v) is 4.75. The zero-order valence-corrected chi connectivity index (χ0v) is 18.2. The van der Waals surface area contributed by atoms with Crippen LogP contribution in [0, 0.1) is 0 Å². The van der Waals surface area contributed by atoms with Crippen molar-refractivity contribution in [2.24, 2.45) is 0 Å². The molecule has 33 heavy (non-hydrogen) atoms. The maximum absolute atomic E-state index is 13.4. The highest BCUT2D eigenvalue weighted by molar-refractivity contribution is 5.98. The van der Waals surface area contributed by atoms with Gasteiger partial charge in [0.15, 0.2) is 0 Å². The van der Waals surface area contributed by atoms with Gasteiger partial charge >= 0.3 is 0 Å². The number of aromatic amines is 1. The summed E-state index contributed by atoms with van der Waals surface area (Å²) in [6, 6.07) is 11.8. The number of hydrogen-bond acceptors (Lipinski definition) is 6. The Morgan fingerprint density at radius 2 is 2.00 bits per heavy atom. The number of aromatic nitrogens is 3. The summed E-state index contributed by atoms with van der Waals surface area (Å²) in [6.45, 7) is 1.87. The Balaban J connectivity index is 1.32. The second-order valence-electron chi connectivity index (χ2n) is 8.49. The van der Waals surface area contributed by atoms with E-state index in [0.717, 1.165) is 38.9 Å². The first-order valence-electron chi connectivity index (χ1n) is 10.9. The minimum Gasteiger partial charge on any atom is -0.383 e. The van der Waals surface area contributed by atoms with Crippen molar-refractivity contribution < 1.29 is 14.3 Å². The number of pyridine rings is 2. The van der Waals surface area contributed by atoms with Crippen molar-refractivity contribution in [2.45, 2.75) is 25.9 Å². The number of carbonyl (C=O) groups is 1. The fraction of sp³-hybridized carbons (Fsp3) is 0.240. The smallest absolute Gasteiger partial charge is 0.270 e. The molecule has 166 valence electrons. The first-order valence-corrected chi connectivity index (χ1v) is 10.9. The van der Waals surface area contributed by atoms with E-state index in [1.165, 1.54) is 0 Å². The normalized spacial score (nSPS) is 17.1. The lowest BCUT2D eigenvalue weighted by Crippen LogP contribution is -2.36. The first-order chi connectivity index (χ1) is 16.1. The summed E-state index contributed by atoms with van der Waals surface area (Å²) in [5, 5.41) is 0. The number of likely N-dealkylation sites (N-methyl/N-ethyl adjacent to an activating group) is 1. The van der Waals surface area contributed by atoms with Crippen molar-refractivity contribution in [1.82, 2.24) is 19.9 Å². The molecule has 5 heterocycles. The van der Waals surface area contributed by atoms with Crippen molar-refractivity contribution >= 4 is 22.8 Å². The van der Waals surface area contributed by atoms with E-state index in [1.54, 1.807) is 24.2 Å². The molecule has 1 aromatic carbocycles. The summed E-state index contributed by atoms with van der Waals surface area (Å²) in [7, 11) is 1.81. The zero-order chi connectivity index (χ0) is 22.5. The van der Waals surface area contributed by atoms with Gasteiger partial charge < -0.3 is 25.1 Å². The van der Waals surface area contributed by atoms with Gasteiger partial charge in [0, 0.05) is 30.6 Å². The molecule has 0 spiro atoms. The van der Waals surface area contributed by atoms with Crippen LogP contribution in [-0.2, 0) is 29.3 Å². The van der Waals surface area contributed by atoms with Crippen molar-refractivity contribution in [3.63, 3.8) is 0 Å². The van der Waals surface area contributed by atoms with Crippen LogP contribution in [0.15, 0.2) is 48.8 Å². The molecular formula is C25H23N5O3. The lowest BCUT2D eigenvalue weighted by atomic mass is 9.94. The molecule has 0 aliphatic carbocycles. The van der Waals surface area contributed by atoms with Crippen molar-refractivity contribution in [3.05, 3.63) is 76.7 Å². The maximum Gasteiger partial charge on any atom is 0.270 e. The molecule has 4 aromatic rings. The Kier molecular flexibility index (Phi) is 4.63. The third kappa shape index (κ3) is 3.26. The van der Waals surface area contributed by atoms with Gasteiger partial charge in [-0.1, -0.05) is 18.2 Å². The summed E-state index contributed by atoms with van der Waals surface area (Å²) in [5.41, 5.74) is 14.2. The molecular weight excluding hydrogens is 418 g/mol. The number of ether oxygens (including phenoxy) is 2. The van der Waals surface area contributed by atoms with Crippen LogP contribution in [0.2, 0.25) is 0 Å². The number of nitrogen functional groups attached to an aromatic ring is 1. The van der Waals surface area contributed by atoms with Gasteiger partial charge in [-0.15, -0.1) is 0 Å². The van der Waals surface area contributed by atoms with Gasteiger partial charge in [-0.25, -0.2) is 4.98 Å². The Labute approximate surface area is 190 Å². The molecule has 0 unspecified atom stereocenters. The monoisotopic (exact) mass is 441 g/mol. The highest BCUT2D eigenvalue weighted by atomic mass is 16.5. The Morgan fingerprint density at radius 3 is 2.85 bits per heavy atom. The third-order valence-corrected chi connectivity index (χ3v) is 6.55. The molecule has 0 saturated heterocycles. The van der Waals surface area contributed by atoms with Gasteiger partial charge in [0.1, 0.15) is 11.5 Å². The van der Waals surface area contributed by atoms with Gasteiger partial charge in [0.2, 0.25) is 0 Å². The van der Waals surface area contributed by atoms with Crippen LogP contribution in [0.5, 0.6) is 0 Å². The molecule has 8 nitrogen and oxygen atoms in total. The average Bonchev–Trinajstić information content (AvgIpc) is 3.50. The van der Waals surface area contributed by atoms with E-state index in [2.05, 4.69) is 33.2 Å². The molecule has 1 atom stereocenters. The Morgan fingerprint density at radius 1 is 1.12 bits per heavy atom. The van der Waals surface area contributed by atoms with Gasteiger partial charge in [-0.05, 0) is 40.5 Å². The molecule has 6 rings (SSSR count). The van der Waals surface area contributed by atoms with Gasteiger partial charge in [-0.3, -0.25) is 9.78 Å². The number of amides is 1. The number of nitrogens with two attached hydrogens (primary N) is 1. The van der Waals surface area contributed by atoms with E-state index in [0.29, 0.717) is 43.5 Å². The van der Waals surface area contributed by atoms with E-state index >= 15 is 0 Å². The van der Waals surface area contributed by atoms with Gasteiger partial charge in [0.05, 0.1) is 43.5 Å². The van der Waals surface area contributed by atoms with Crippen molar-refractivity contribution in [1.29, 1.82) is 0 Å². The van der Waals surface area contributed by atoms with E-state index in [1.807, 2.05) is 18.3 Å². The van der Waals surface area contributed by atoms with Crippen LogP contribution in [0.4, 0.5) is 5.82 Å². The van der Waals surface area contributed by atoms with Crippen molar-refractivity contribution in [2.75, 3.05) is 19.4 Å². The number of benzene rings is 1. The third-order valence-electron chi connectivity index (χ3n) is 6.55. The molecule has 1 amide bonds. The number of anilines is 1. The zero-order valence-electron chi connectivity index (χ0n) is 18.2. The molecule has 3 N–H and O–H groups in total. The molecule has 2 aliphatic rings. The van der Waals surface area contributed by atoms with Crippen LogP contribution in [0.1, 0.15) is 38.8 Å². The molecule has 3 aromatic heterocycles. The van der Waals surface area contributed by atoms with E-state index in [-0.39, 0.29) is 11.9 Å². The molecule has 0 fully saturated rings. The van der Waals surface area contributed by atoms with Gasteiger partial charge in [-0.2, -0.15) is 0 Å². The van der Waals surface area contributed by atoms with Crippen molar-refractivity contribution in [3.8, 4) is 11.1 Å². The van der Waals surface area contributed by atoms with E-state index in [9.17, 15) is 4.79 Å².